The highest BCUT2D eigenvalue weighted by molar-refractivity contribution is 5.79. The van der Waals surface area contributed by atoms with Crippen LogP contribution in [0.4, 0.5) is 0 Å². The van der Waals surface area contributed by atoms with E-state index in [4.69, 9.17) is 18.9 Å². The highest BCUT2D eigenvalue weighted by atomic mass is 16.6. The van der Waals surface area contributed by atoms with Crippen molar-refractivity contribution in [2.75, 3.05) is 20.3 Å². The lowest BCUT2D eigenvalue weighted by molar-refractivity contribution is -0.147. The molecule has 0 aromatic heterocycles. The maximum atomic E-state index is 12.4. The van der Waals surface area contributed by atoms with E-state index >= 15 is 0 Å². The molecule has 0 heterocycles. The van der Waals surface area contributed by atoms with Crippen LogP contribution in [0.2, 0.25) is 0 Å². The van der Waals surface area contributed by atoms with Crippen molar-refractivity contribution in [2.45, 2.75) is 66.8 Å². The molecule has 1 N–H and O–H groups in total. The molecule has 0 fully saturated rings. The molecule has 0 bridgehead atoms. The first kappa shape index (κ1) is 30.1. The van der Waals surface area contributed by atoms with Crippen LogP contribution in [0.3, 0.4) is 0 Å². The molecule has 0 aliphatic rings. The van der Waals surface area contributed by atoms with Crippen LogP contribution in [0, 0.1) is 17.8 Å². The van der Waals surface area contributed by atoms with Gasteiger partial charge in [0, 0.05) is 6.54 Å². The summed E-state index contributed by atoms with van der Waals surface area (Å²) in [5, 5.41) is 3.03. The molecule has 196 valence electrons. The summed E-state index contributed by atoms with van der Waals surface area (Å²) in [6.45, 7) is 11.1. The van der Waals surface area contributed by atoms with Crippen molar-refractivity contribution in [2.24, 2.45) is 17.8 Å². The van der Waals surface area contributed by atoms with Crippen LogP contribution in [0.25, 0.3) is 0 Å². The largest absolute Gasteiger partial charge is 0.468 e. The highest BCUT2D eigenvalue weighted by Gasteiger charge is 2.23. The topological polar surface area (TPSA) is 117 Å². The SMILES string of the molecule is CCC(C)C(=O)Oc1ccc(C[C@H](NCCOC(=O)C(C)C)C(=O)OC)cc1OC(=O)C(C)CC. The number of carbonyl (C=O) groups is 4. The fourth-order valence-corrected chi connectivity index (χ4v) is 2.76. The molecule has 1 aromatic rings. The molecule has 0 amide bonds. The molecule has 0 radical (unpaired) electrons. The summed E-state index contributed by atoms with van der Waals surface area (Å²) in [4.78, 5) is 48.7. The maximum Gasteiger partial charge on any atom is 0.323 e. The van der Waals surface area contributed by atoms with Crippen LogP contribution in [-0.2, 0) is 35.1 Å². The van der Waals surface area contributed by atoms with Gasteiger partial charge in [-0.3, -0.25) is 19.2 Å². The summed E-state index contributed by atoms with van der Waals surface area (Å²) >= 11 is 0. The number of hydrogen-bond donors (Lipinski definition) is 1. The Bertz CT molecular complexity index is 867. The van der Waals surface area contributed by atoms with Gasteiger partial charge in [-0.1, -0.05) is 47.6 Å². The molecule has 0 saturated heterocycles. The normalized spacial score (nSPS) is 13.5. The molecule has 1 aromatic carbocycles. The number of carbonyl (C=O) groups excluding carboxylic acids is 4. The maximum absolute atomic E-state index is 12.4. The lowest BCUT2D eigenvalue weighted by atomic mass is 10.0. The van der Waals surface area contributed by atoms with Gasteiger partial charge >= 0.3 is 23.9 Å². The first-order valence-electron chi connectivity index (χ1n) is 12.1. The zero-order chi connectivity index (χ0) is 26.5. The van der Waals surface area contributed by atoms with Crippen LogP contribution < -0.4 is 14.8 Å². The quantitative estimate of drug-likeness (QED) is 0.236. The van der Waals surface area contributed by atoms with Crippen LogP contribution in [0.15, 0.2) is 18.2 Å². The van der Waals surface area contributed by atoms with Gasteiger partial charge in [0.2, 0.25) is 0 Å². The fraction of sp³-hybridized carbons (Fsp3) is 0.615. The Balaban J connectivity index is 3.07. The van der Waals surface area contributed by atoms with Gasteiger partial charge in [0.15, 0.2) is 11.5 Å². The minimum Gasteiger partial charge on any atom is -0.468 e. The van der Waals surface area contributed by atoms with Crippen molar-refractivity contribution in [3.63, 3.8) is 0 Å². The molecular weight excluding hydrogens is 454 g/mol. The molecule has 0 spiro atoms. The van der Waals surface area contributed by atoms with E-state index in [1.54, 1.807) is 45.9 Å². The Morgan fingerprint density at radius 1 is 0.829 bits per heavy atom. The molecular formula is C26H39NO8. The summed E-state index contributed by atoms with van der Waals surface area (Å²) in [6, 6.07) is 4.09. The number of esters is 4. The third kappa shape index (κ3) is 10.1. The van der Waals surface area contributed by atoms with E-state index in [1.807, 2.05) is 13.8 Å². The van der Waals surface area contributed by atoms with Crippen molar-refractivity contribution in [1.29, 1.82) is 0 Å². The van der Waals surface area contributed by atoms with Gasteiger partial charge < -0.3 is 24.3 Å². The Labute approximate surface area is 207 Å². The predicted molar refractivity (Wildman–Crippen MR) is 130 cm³/mol. The summed E-state index contributed by atoms with van der Waals surface area (Å²) in [5.41, 5.74) is 0.655. The van der Waals surface area contributed by atoms with Crippen molar-refractivity contribution >= 4 is 23.9 Å². The number of hydrogen-bond acceptors (Lipinski definition) is 9. The minimum absolute atomic E-state index is 0.104. The third-order valence-electron chi connectivity index (χ3n) is 5.59. The van der Waals surface area contributed by atoms with E-state index < -0.39 is 23.9 Å². The van der Waals surface area contributed by atoms with Crippen LogP contribution in [0.5, 0.6) is 11.5 Å². The van der Waals surface area contributed by atoms with E-state index in [0.29, 0.717) is 18.4 Å². The standard InChI is InChI=1S/C26H39NO8/c1-8-17(5)24(29)34-21-11-10-19(15-22(21)35-25(30)18(6)9-2)14-20(26(31)32-7)27-12-13-33-23(28)16(3)4/h10-11,15-18,20,27H,8-9,12-14H2,1-7H3/t17?,18?,20-/m0/s1. The lowest BCUT2D eigenvalue weighted by Crippen LogP contribution is -2.41. The molecule has 9 heteroatoms. The number of benzene rings is 1. The second-order valence-electron chi connectivity index (χ2n) is 8.80. The highest BCUT2D eigenvalue weighted by Crippen LogP contribution is 2.31. The van der Waals surface area contributed by atoms with E-state index in [1.165, 1.54) is 7.11 Å². The van der Waals surface area contributed by atoms with Crippen molar-refractivity contribution in [3.05, 3.63) is 23.8 Å². The van der Waals surface area contributed by atoms with Crippen molar-refractivity contribution < 1.29 is 38.1 Å². The van der Waals surface area contributed by atoms with Crippen molar-refractivity contribution in [1.82, 2.24) is 5.32 Å². The second-order valence-corrected chi connectivity index (χ2v) is 8.80. The summed E-state index contributed by atoms with van der Waals surface area (Å²) < 4.78 is 21.1. The van der Waals surface area contributed by atoms with E-state index in [0.717, 1.165) is 0 Å². The fourth-order valence-electron chi connectivity index (χ4n) is 2.76. The van der Waals surface area contributed by atoms with Crippen LogP contribution >= 0.6 is 0 Å². The number of nitrogens with one attached hydrogen (secondary N) is 1. The Morgan fingerprint density at radius 2 is 1.40 bits per heavy atom. The molecule has 35 heavy (non-hydrogen) atoms. The van der Waals surface area contributed by atoms with E-state index in [2.05, 4.69) is 5.32 Å². The third-order valence-corrected chi connectivity index (χ3v) is 5.59. The van der Waals surface area contributed by atoms with E-state index in [9.17, 15) is 19.2 Å². The van der Waals surface area contributed by atoms with Gasteiger partial charge in [-0.25, -0.2) is 0 Å². The number of rotatable bonds is 14. The number of ether oxygens (including phenoxy) is 4. The molecule has 3 atom stereocenters. The van der Waals surface area contributed by atoms with Gasteiger partial charge in [0.1, 0.15) is 12.6 Å². The summed E-state index contributed by atoms with van der Waals surface area (Å²) in [6.07, 6.45) is 1.41. The smallest absolute Gasteiger partial charge is 0.323 e. The Hall–Kier alpha value is -2.94. The first-order valence-corrected chi connectivity index (χ1v) is 12.1. The van der Waals surface area contributed by atoms with Gasteiger partial charge in [-0.05, 0) is 37.0 Å². The monoisotopic (exact) mass is 493 g/mol. The van der Waals surface area contributed by atoms with Crippen LogP contribution in [-0.4, -0.2) is 50.2 Å². The van der Waals surface area contributed by atoms with Gasteiger partial charge in [0.25, 0.3) is 0 Å². The van der Waals surface area contributed by atoms with E-state index in [-0.39, 0.29) is 54.8 Å². The molecule has 9 nitrogen and oxygen atoms in total. The van der Waals surface area contributed by atoms with Gasteiger partial charge in [-0.2, -0.15) is 0 Å². The average Bonchev–Trinajstić information content (AvgIpc) is 2.85. The Kier molecular flexibility index (Phi) is 13.0. The lowest BCUT2D eigenvalue weighted by Gasteiger charge is -2.19. The van der Waals surface area contributed by atoms with Crippen LogP contribution in [0.1, 0.15) is 59.9 Å². The van der Waals surface area contributed by atoms with Gasteiger partial charge in [-0.15, -0.1) is 0 Å². The molecule has 0 aliphatic carbocycles. The predicted octanol–water partition coefficient (Wildman–Crippen LogP) is 3.46. The van der Waals surface area contributed by atoms with Crippen molar-refractivity contribution in [3.8, 4) is 11.5 Å². The molecule has 2 unspecified atom stereocenters. The molecule has 0 saturated carbocycles. The zero-order valence-electron chi connectivity index (χ0n) is 21.8. The average molecular weight is 494 g/mol. The summed E-state index contributed by atoms with van der Waals surface area (Å²) in [7, 11) is 1.28. The molecule has 1 rings (SSSR count). The second kappa shape index (κ2) is 15.1. The number of methoxy groups -OCH3 is 1. The first-order chi connectivity index (χ1) is 16.5. The molecule has 0 aliphatic heterocycles. The Morgan fingerprint density at radius 3 is 1.91 bits per heavy atom. The zero-order valence-corrected chi connectivity index (χ0v) is 21.8. The van der Waals surface area contributed by atoms with Gasteiger partial charge in [0.05, 0.1) is 24.9 Å². The minimum atomic E-state index is -0.732. The summed E-state index contributed by atoms with van der Waals surface area (Å²) in [5.74, 6) is -2.33.